The van der Waals surface area contributed by atoms with Crippen molar-refractivity contribution in [1.82, 2.24) is 0 Å². The minimum atomic E-state index is 0.464. The molecular formula is C14H10N2O. The molecule has 0 atom stereocenters. The van der Waals surface area contributed by atoms with Crippen LogP contribution in [-0.4, -0.2) is 14.2 Å². The van der Waals surface area contributed by atoms with E-state index < -0.39 is 0 Å². The summed E-state index contributed by atoms with van der Waals surface area (Å²) in [6, 6.07) is 0. The highest BCUT2D eigenvalue weighted by Gasteiger charge is 1.78. The van der Waals surface area contributed by atoms with E-state index in [2.05, 4.69) is 62.7 Å². The zero-order valence-electron chi connectivity index (χ0n) is 9.66. The van der Waals surface area contributed by atoms with Gasteiger partial charge in [0.2, 0.25) is 0 Å². The van der Waals surface area contributed by atoms with Crippen LogP contribution in [0.2, 0.25) is 0 Å². The zero-order valence-corrected chi connectivity index (χ0v) is 9.66. The molecule has 0 fully saturated rings. The molecule has 0 aromatic carbocycles. The van der Waals surface area contributed by atoms with E-state index in [0.717, 1.165) is 0 Å². The fourth-order valence-electron chi connectivity index (χ4n) is 0.558. The minimum absolute atomic E-state index is 0.464. The Balaban J connectivity index is 5.29. The average Bonchev–Trinajstić information content (AvgIpc) is 2.36. The monoisotopic (exact) mass is 222 g/mol. The summed E-state index contributed by atoms with van der Waals surface area (Å²) in [5, 5.41) is 7.01. The van der Waals surface area contributed by atoms with Gasteiger partial charge in [0.05, 0.1) is 13.3 Å². The fraction of sp³-hybridized carbons (Fsp3) is 0.143. The minimum Gasteiger partial charge on any atom is -0.489 e. The first kappa shape index (κ1) is 14.1. The van der Waals surface area contributed by atoms with Crippen molar-refractivity contribution < 1.29 is 4.74 Å². The third-order valence-corrected chi connectivity index (χ3v) is 1.21. The predicted octanol–water partition coefficient (Wildman–Crippen LogP) is 2.98. The van der Waals surface area contributed by atoms with Crippen molar-refractivity contribution >= 4 is 0 Å². The number of methoxy groups -OCH3 is 1. The summed E-state index contributed by atoms with van der Waals surface area (Å²) >= 11 is 0. The van der Waals surface area contributed by atoms with Crippen LogP contribution in [0.5, 0.6) is 0 Å². The summed E-state index contributed by atoms with van der Waals surface area (Å²) in [6.45, 7) is 3.52. The molecule has 0 radical (unpaired) electrons. The zero-order chi connectivity index (χ0) is 12.8. The van der Waals surface area contributed by atoms with Gasteiger partial charge in [0.1, 0.15) is 0 Å². The Labute approximate surface area is 100 Å². The second-order valence-corrected chi connectivity index (χ2v) is 2.24. The molecule has 0 N–H and O–H groups in total. The standard InChI is InChI=1S/C14H10N2O/c1-4-14(17-3)12-10-8-6-5-7-9-11-13-16-15-2/h4,13H,1H2,2-3H3. The van der Waals surface area contributed by atoms with Gasteiger partial charge in [-0.1, -0.05) is 6.58 Å². The van der Waals surface area contributed by atoms with E-state index in [1.165, 1.54) is 19.4 Å². The first-order valence-electron chi connectivity index (χ1n) is 4.50. The van der Waals surface area contributed by atoms with Crippen LogP contribution in [0, 0.1) is 0 Å². The molecule has 0 saturated heterocycles. The maximum Gasteiger partial charge on any atom is 0.169 e. The van der Waals surface area contributed by atoms with E-state index in [1.807, 2.05) is 0 Å². The maximum atomic E-state index is 4.86. The SMILES string of the molecule is C=CC(=C=C=C=C=C=C=C=C=CN=NC)OC. The summed E-state index contributed by atoms with van der Waals surface area (Å²) in [4.78, 5) is 0. The van der Waals surface area contributed by atoms with Gasteiger partial charge in [0.25, 0.3) is 0 Å². The van der Waals surface area contributed by atoms with Crippen molar-refractivity contribution in [2.75, 3.05) is 14.2 Å². The Morgan fingerprint density at radius 1 is 1.12 bits per heavy atom. The second-order valence-electron chi connectivity index (χ2n) is 2.24. The highest BCUT2D eigenvalue weighted by Crippen LogP contribution is 1.89. The predicted molar refractivity (Wildman–Crippen MR) is 64.2 cm³/mol. The van der Waals surface area contributed by atoms with Crippen LogP contribution in [0.25, 0.3) is 0 Å². The Hall–Kier alpha value is -2.88. The van der Waals surface area contributed by atoms with Crippen molar-refractivity contribution in [1.29, 1.82) is 0 Å². The molecule has 3 heteroatoms. The molecule has 0 amide bonds. The first-order valence-corrected chi connectivity index (χ1v) is 4.50. The first-order chi connectivity index (χ1) is 8.35. The van der Waals surface area contributed by atoms with Crippen molar-refractivity contribution in [3.05, 3.63) is 70.5 Å². The van der Waals surface area contributed by atoms with E-state index in [4.69, 9.17) is 4.74 Å². The molecule has 0 bridgehead atoms. The summed E-state index contributed by atoms with van der Waals surface area (Å²) in [5.74, 6) is 0.464. The van der Waals surface area contributed by atoms with Gasteiger partial charge in [0.15, 0.2) is 5.76 Å². The number of hydrogen-bond acceptors (Lipinski definition) is 3. The normalized spacial score (nSPS) is 6.71. The molecule has 0 spiro atoms. The van der Waals surface area contributed by atoms with E-state index in [9.17, 15) is 0 Å². The van der Waals surface area contributed by atoms with Crippen LogP contribution in [0.15, 0.2) is 80.7 Å². The summed E-state index contributed by atoms with van der Waals surface area (Å²) in [7, 11) is 3.07. The number of ether oxygens (including phenoxy) is 1. The van der Waals surface area contributed by atoms with Gasteiger partial charge >= 0.3 is 0 Å². The van der Waals surface area contributed by atoms with Gasteiger partial charge in [0, 0.05) is 7.05 Å². The molecular weight excluding hydrogens is 212 g/mol. The largest absolute Gasteiger partial charge is 0.489 e. The fourth-order valence-corrected chi connectivity index (χ4v) is 0.558. The number of rotatable bonds is 3. The van der Waals surface area contributed by atoms with Gasteiger partial charge in [-0.05, 0) is 51.9 Å². The van der Waals surface area contributed by atoms with Crippen molar-refractivity contribution in [3.8, 4) is 0 Å². The lowest BCUT2D eigenvalue weighted by atomic mass is 10.5. The molecule has 0 unspecified atom stereocenters. The maximum absolute atomic E-state index is 4.86. The van der Waals surface area contributed by atoms with Gasteiger partial charge < -0.3 is 4.74 Å². The second kappa shape index (κ2) is 11.2. The quantitative estimate of drug-likeness (QED) is 0.313. The van der Waals surface area contributed by atoms with Crippen molar-refractivity contribution in [2.24, 2.45) is 10.2 Å². The Bertz CT molecular complexity index is 603. The molecule has 0 aromatic heterocycles. The lowest BCUT2D eigenvalue weighted by Crippen LogP contribution is -1.74. The smallest absolute Gasteiger partial charge is 0.169 e. The van der Waals surface area contributed by atoms with Crippen LogP contribution in [0.3, 0.4) is 0 Å². The van der Waals surface area contributed by atoms with Gasteiger partial charge in [-0.25, -0.2) is 0 Å². The van der Waals surface area contributed by atoms with E-state index in [1.54, 1.807) is 7.05 Å². The number of azo groups is 1. The van der Waals surface area contributed by atoms with E-state index in [0.29, 0.717) is 5.76 Å². The molecule has 82 valence electrons. The van der Waals surface area contributed by atoms with Crippen LogP contribution in [0.1, 0.15) is 0 Å². The molecule has 3 nitrogen and oxygen atoms in total. The molecule has 0 heterocycles. The lowest BCUT2D eigenvalue weighted by Gasteiger charge is -1.89. The highest BCUT2D eigenvalue weighted by atomic mass is 16.5. The number of nitrogens with zero attached hydrogens (tertiary/aromatic N) is 2. The van der Waals surface area contributed by atoms with Crippen LogP contribution >= 0.6 is 0 Å². The number of hydrogen-bond donors (Lipinski definition) is 0. The molecule has 0 saturated carbocycles. The topological polar surface area (TPSA) is 34.0 Å². The van der Waals surface area contributed by atoms with Crippen LogP contribution in [0.4, 0.5) is 0 Å². The molecule has 0 aromatic rings. The van der Waals surface area contributed by atoms with Crippen molar-refractivity contribution in [2.45, 2.75) is 0 Å². The van der Waals surface area contributed by atoms with Gasteiger partial charge in [-0.15, -0.1) is 0 Å². The third kappa shape index (κ3) is 9.42. The Morgan fingerprint density at radius 2 is 1.76 bits per heavy atom. The van der Waals surface area contributed by atoms with E-state index in [-0.39, 0.29) is 0 Å². The number of allylic oxidation sites excluding steroid dienone is 1. The summed E-state index contributed by atoms with van der Waals surface area (Å²) < 4.78 is 4.86. The van der Waals surface area contributed by atoms with Gasteiger partial charge in [-0.2, -0.15) is 10.2 Å². The van der Waals surface area contributed by atoms with E-state index >= 15 is 0 Å². The van der Waals surface area contributed by atoms with Crippen LogP contribution < -0.4 is 0 Å². The molecule has 0 aliphatic rings. The molecule has 0 aliphatic heterocycles. The van der Waals surface area contributed by atoms with Crippen molar-refractivity contribution in [3.63, 3.8) is 0 Å². The Morgan fingerprint density at radius 3 is 2.35 bits per heavy atom. The van der Waals surface area contributed by atoms with Gasteiger partial charge in [-0.3, -0.25) is 0 Å². The third-order valence-electron chi connectivity index (χ3n) is 1.21. The lowest BCUT2D eigenvalue weighted by molar-refractivity contribution is 0.308. The summed E-state index contributed by atoms with van der Waals surface area (Å²) in [5.41, 5.74) is 20.4. The molecule has 0 aliphatic carbocycles. The average molecular weight is 222 g/mol. The molecule has 17 heavy (non-hydrogen) atoms. The highest BCUT2D eigenvalue weighted by molar-refractivity contribution is 5.07. The summed E-state index contributed by atoms with van der Waals surface area (Å²) in [6.07, 6.45) is 2.86. The van der Waals surface area contributed by atoms with Crippen LogP contribution in [-0.2, 0) is 4.74 Å². The Kier molecular flexibility index (Phi) is 9.30. The molecule has 0 rings (SSSR count).